The molecule has 156 valence electrons. The second-order valence-electron chi connectivity index (χ2n) is 9.20. The zero-order valence-corrected chi connectivity index (χ0v) is 18.0. The molecule has 0 amide bonds. The fourth-order valence-corrected chi connectivity index (χ4v) is 4.60. The Labute approximate surface area is 171 Å². The highest BCUT2D eigenvalue weighted by molar-refractivity contribution is 5.97. The molecule has 0 saturated carbocycles. The fourth-order valence-electron chi connectivity index (χ4n) is 4.60. The van der Waals surface area contributed by atoms with Crippen molar-refractivity contribution in [3.05, 3.63) is 39.3 Å². The Balaban J connectivity index is 2.13. The first-order chi connectivity index (χ1) is 13.6. The van der Waals surface area contributed by atoms with Crippen molar-refractivity contribution in [2.75, 3.05) is 0 Å². The van der Waals surface area contributed by atoms with Crippen LogP contribution in [-0.2, 0) is 6.42 Å². The van der Waals surface area contributed by atoms with E-state index in [1.54, 1.807) is 6.07 Å². The largest absolute Gasteiger partial charge is 0.488 e. The van der Waals surface area contributed by atoms with Gasteiger partial charge in [0.1, 0.15) is 23.2 Å². The van der Waals surface area contributed by atoms with Crippen LogP contribution in [0.3, 0.4) is 0 Å². The Hall–Kier alpha value is -2.27. The summed E-state index contributed by atoms with van der Waals surface area (Å²) < 4.78 is 18.5. The van der Waals surface area contributed by atoms with Crippen molar-refractivity contribution in [3.63, 3.8) is 0 Å². The highest BCUT2D eigenvalue weighted by Gasteiger charge is 2.42. The Bertz CT molecular complexity index is 1040. The quantitative estimate of drug-likeness (QED) is 0.736. The highest BCUT2D eigenvalue weighted by Crippen LogP contribution is 2.52. The van der Waals surface area contributed by atoms with Gasteiger partial charge in [0.25, 0.3) is 0 Å². The average Bonchev–Trinajstić information content (AvgIpc) is 2.62. The molecule has 0 saturated heterocycles. The van der Waals surface area contributed by atoms with Crippen LogP contribution in [-0.4, -0.2) is 16.8 Å². The van der Waals surface area contributed by atoms with Gasteiger partial charge in [-0.05, 0) is 43.9 Å². The van der Waals surface area contributed by atoms with E-state index in [2.05, 4.69) is 20.8 Å². The summed E-state index contributed by atoms with van der Waals surface area (Å²) in [6, 6.07) is 1.55. The van der Waals surface area contributed by atoms with Crippen LogP contribution in [0.2, 0.25) is 0 Å². The Morgan fingerprint density at radius 2 is 1.97 bits per heavy atom. The second kappa shape index (κ2) is 6.91. The summed E-state index contributed by atoms with van der Waals surface area (Å²) in [5, 5.41) is 12.0. The van der Waals surface area contributed by atoms with Crippen molar-refractivity contribution in [1.82, 2.24) is 0 Å². The predicted molar refractivity (Wildman–Crippen MR) is 114 cm³/mol. The molecule has 4 rings (SSSR count). The molecule has 3 heterocycles. The Kier molecular flexibility index (Phi) is 4.77. The molecule has 2 aliphatic heterocycles. The van der Waals surface area contributed by atoms with Crippen LogP contribution in [0.4, 0.5) is 0 Å². The predicted octanol–water partition coefficient (Wildman–Crippen LogP) is 5.02. The number of fused-ring (bicyclic) bond motifs is 6. The lowest BCUT2D eigenvalue weighted by molar-refractivity contribution is -0.0125. The van der Waals surface area contributed by atoms with Gasteiger partial charge in [0, 0.05) is 12.0 Å². The highest BCUT2D eigenvalue weighted by atomic mass is 16.5. The first-order valence-electron chi connectivity index (χ1n) is 10.5. The molecule has 3 atom stereocenters. The third-order valence-electron chi connectivity index (χ3n) is 6.01. The van der Waals surface area contributed by atoms with Crippen molar-refractivity contribution >= 4 is 17.0 Å². The molecule has 2 aromatic rings. The van der Waals surface area contributed by atoms with E-state index in [0.717, 1.165) is 29.4 Å². The number of rotatable bonds is 3. The minimum Gasteiger partial charge on any atom is -0.488 e. The number of hydrogen-bond acceptors (Lipinski definition) is 5. The SMILES string of the molecule is CCCc1cc(=O)oc2c3c(c4c(c12)OC(C)(C)C=C4)O[C@H](C(C)C)[C@H](C)[C@@H]3O. The van der Waals surface area contributed by atoms with Gasteiger partial charge in [-0.25, -0.2) is 4.79 Å². The van der Waals surface area contributed by atoms with Crippen LogP contribution in [0, 0.1) is 11.8 Å². The van der Waals surface area contributed by atoms with E-state index >= 15 is 0 Å². The van der Waals surface area contributed by atoms with E-state index in [9.17, 15) is 9.90 Å². The maximum absolute atomic E-state index is 12.4. The number of aliphatic hydroxyl groups excluding tert-OH is 1. The molecule has 29 heavy (non-hydrogen) atoms. The lowest BCUT2D eigenvalue weighted by Gasteiger charge is -2.40. The molecule has 0 unspecified atom stereocenters. The molecule has 1 N–H and O–H groups in total. The third kappa shape index (κ3) is 3.16. The lowest BCUT2D eigenvalue weighted by Crippen LogP contribution is -2.39. The molecular weight excluding hydrogens is 368 g/mol. The number of hydrogen-bond donors (Lipinski definition) is 1. The Morgan fingerprint density at radius 1 is 1.24 bits per heavy atom. The molecule has 0 fully saturated rings. The Morgan fingerprint density at radius 3 is 2.62 bits per heavy atom. The second-order valence-corrected chi connectivity index (χ2v) is 9.20. The molecule has 2 aliphatic rings. The molecule has 0 spiro atoms. The summed E-state index contributed by atoms with van der Waals surface area (Å²) in [5.74, 6) is 1.33. The van der Waals surface area contributed by atoms with Crippen LogP contribution < -0.4 is 15.1 Å². The zero-order chi connectivity index (χ0) is 21.1. The smallest absolute Gasteiger partial charge is 0.336 e. The van der Waals surface area contributed by atoms with Gasteiger partial charge in [0.05, 0.1) is 22.6 Å². The van der Waals surface area contributed by atoms with Gasteiger partial charge in [-0.15, -0.1) is 0 Å². The maximum atomic E-state index is 12.4. The first-order valence-corrected chi connectivity index (χ1v) is 10.5. The van der Waals surface area contributed by atoms with Crippen LogP contribution in [0.15, 0.2) is 21.4 Å². The molecular formula is C24H30O5. The number of aliphatic hydroxyl groups is 1. The molecule has 0 radical (unpaired) electrons. The maximum Gasteiger partial charge on any atom is 0.336 e. The summed E-state index contributed by atoms with van der Waals surface area (Å²) >= 11 is 0. The van der Waals surface area contributed by atoms with Crippen molar-refractivity contribution in [2.45, 2.75) is 72.2 Å². The van der Waals surface area contributed by atoms with Crippen LogP contribution in [0.5, 0.6) is 11.5 Å². The van der Waals surface area contributed by atoms with Crippen LogP contribution in [0.1, 0.15) is 70.8 Å². The van der Waals surface area contributed by atoms with E-state index in [4.69, 9.17) is 13.9 Å². The number of aryl methyl sites for hydroxylation is 1. The van der Waals surface area contributed by atoms with E-state index < -0.39 is 17.3 Å². The van der Waals surface area contributed by atoms with E-state index in [1.165, 1.54) is 0 Å². The van der Waals surface area contributed by atoms with Crippen molar-refractivity contribution in [2.24, 2.45) is 11.8 Å². The molecule has 1 aromatic carbocycles. The van der Waals surface area contributed by atoms with Gasteiger partial charge in [0.15, 0.2) is 5.58 Å². The summed E-state index contributed by atoms with van der Waals surface area (Å²) in [6.07, 6.45) is 4.68. The van der Waals surface area contributed by atoms with Gasteiger partial charge in [-0.3, -0.25) is 0 Å². The van der Waals surface area contributed by atoms with E-state index in [1.807, 2.05) is 32.9 Å². The topological polar surface area (TPSA) is 68.9 Å². The van der Waals surface area contributed by atoms with Crippen molar-refractivity contribution in [3.8, 4) is 11.5 Å². The molecule has 0 aliphatic carbocycles. The third-order valence-corrected chi connectivity index (χ3v) is 6.01. The average molecular weight is 398 g/mol. The van der Waals surface area contributed by atoms with Gasteiger partial charge in [-0.2, -0.15) is 0 Å². The number of benzene rings is 1. The fraction of sp³-hybridized carbons (Fsp3) is 0.542. The van der Waals surface area contributed by atoms with Gasteiger partial charge in [-0.1, -0.05) is 34.1 Å². The zero-order valence-electron chi connectivity index (χ0n) is 18.0. The monoisotopic (exact) mass is 398 g/mol. The normalized spacial score (nSPS) is 24.8. The summed E-state index contributed by atoms with van der Waals surface area (Å²) in [7, 11) is 0. The first kappa shape index (κ1) is 20.0. The van der Waals surface area contributed by atoms with Gasteiger partial charge in [0.2, 0.25) is 0 Å². The molecule has 0 bridgehead atoms. The minimum absolute atomic E-state index is 0.131. The van der Waals surface area contributed by atoms with E-state index in [-0.39, 0.29) is 17.9 Å². The summed E-state index contributed by atoms with van der Waals surface area (Å²) in [5.41, 5.74) is 1.74. The number of ether oxygens (including phenoxy) is 2. The van der Waals surface area contributed by atoms with Crippen LogP contribution in [0.25, 0.3) is 17.0 Å². The van der Waals surface area contributed by atoms with Crippen LogP contribution >= 0.6 is 0 Å². The minimum atomic E-state index is -0.790. The molecule has 1 aromatic heterocycles. The van der Waals surface area contributed by atoms with Gasteiger partial charge >= 0.3 is 5.63 Å². The molecule has 5 nitrogen and oxygen atoms in total. The van der Waals surface area contributed by atoms with Crippen molar-refractivity contribution < 1.29 is 19.0 Å². The summed E-state index contributed by atoms with van der Waals surface area (Å²) in [4.78, 5) is 12.4. The standard InChI is InChI=1S/C24H30O5/c1-7-8-14-11-16(25)27-23-17(14)22-15(9-10-24(5,6)29-22)21-18(23)19(26)13(4)20(28-21)12(2)3/h9-13,19-20,26H,7-8H2,1-6H3/t13-,19+,20-/m1/s1. The van der Waals surface area contributed by atoms with Gasteiger partial charge < -0.3 is 19.0 Å². The lowest BCUT2D eigenvalue weighted by atomic mass is 9.81. The molecule has 5 heteroatoms. The van der Waals surface area contributed by atoms with Crippen molar-refractivity contribution in [1.29, 1.82) is 0 Å². The summed E-state index contributed by atoms with van der Waals surface area (Å²) in [6.45, 7) is 12.2. The van der Waals surface area contributed by atoms with E-state index in [0.29, 0.717) is 22.6 Å².